The molecule has 1 heterocycles. The van der Waals surface area contributed by atoms with Crippen molar-refractivity contribution in [1.82, 2.24) is 10.4 Å². The highest BCUT2D eigenvalue weighted by atomic mass is 32.1. The number of hydrazine groups is 1. The van der Waals surface area contributed by atoms with Crippen LogP contribution in [0.25, 0.3) is 0 Å². The van der Waals surface area contributed by atoms with Crippen LogP contribution < -0.4 is 15.9 Å². The van der Waals surface area contributed by atoms with Crippen LogP contribution >= 0.6 is 12.2 Å². The molecular formula is C23H21N3O2S. The van der Waals surface area contributed by atoms with Crippen molar-refractivity contribution >= 4 is 23.2 Å². The molecule has 0 aliphatic carbocycles. The molecule has 146 valence electrons. The molecule has 4 rings (SSSR count). The van der Waals surface area contributed by atoms with E-state index in [1.807, 2.05) is 72.8 Å². The third kappa shape index (κ3) is 4.07. The van der Waals surface area contributed by atoms with Crippen LogP contribution in [0.1, 0.15) is 40.1 Å². The second-order valence-electron chi connectivity index (χ2n) is 6.82. The maximum atomic E-state index is 12.8. The predicted octanol–water partition coefficient (Wildman–Crippen LogP) is 4.14. The molecule has 0 radical (unpaired) electrons. The van der Waals surface area contributed by atoms with Gasteiger partial charge in [0.25, 0.3) is 5.91 Å². The van der Waals surface area contributed by atoms with E-state index in [1.54, 1.807) is 17.1 Å². The lowest BCUT2D eigenvalue weighted by Crippen LogP contribution is -2.51. The van der Waals surface area contributed by atoms with Crippen molar-refractivity contribution < 1.29 is 9.53 Å². The minimum atomic E-state index is -0.265. The van der Waals surface area contributed by atoms with Crippen molar-refractivity contribution in [2.45, 2.75) is 18.6 Å². The van der Waals surface area contributed by atoms with Gasteiger partial charge in [-0.05, 0) is 36.0 Å². The van der Waals surface area contributed by atoms with E-state index in [2.05, 4.69) is 5.43 Å². The molecule has 0 spiro atoms. The molecule has 3 N–H and O–H groups in total. The van der Waals surface area contributed by atoms with Gasteiger partial charge in [0.1, 0.15) is 11.9 Å². The molecule has 1 aliphatic rings. The van der Waals surface area contributed by atoms with Gasteiger partial charge in [-0.1, -0.05) is 66.7 Å². The number of carbonyl (C=O) groups is 1. The Bertz CT molecular complexity index is 1010. The van der Waals surface area contributed by atoms with Crippen molar-refractivity contribution in [1.29, 1.82) is 0 Å². The molecule has 3 aromatic rings. The summed E-state index contributed by atoms with van der Waals surface area (Å²) in [5.74, 6) is 0.492. The van der Waals surface area contributed by atoms with Crippen molar-refractivity contribution in [3.63, 3.8) is 0 Å². The molecule has 0 saturated carbocycles. The van der Waals surface area contributed by atoms with Gasteiger partial charge in [-0.15, -0.1) is 0 Å². The second kappa shape index (κ2) is 8.32. The number of rotatable bonds is 3. The number of nitrogens with one attached hydrogen (secondary N) is 1. The molecule has 1 aliphatic heterocycles. The Morgan fingerprint density at radius 2 is 1.59 bits per heavy atom. The molecule has 0 saturated heterocycles. The smallest absolute Gasteiger partial charge is 0.269 e. The normalized spacial score (nSPS) is 17.5. The third-order valence-electron chi connectivity index (χ3n) is 4.96. The summed E-state index contributed by atoms with van der Waals surface area (Å²) < 4.78 is 6.24. The van der Waals surface area contributed by atoms with Crippen LogP contribution in [-0.4, -0.2) is 16.0 Å². The molecule has 0 fully saturated rings. The minimum absolute atomic E-state index is 0.0998. The predicted molar refractivity (Wildman–Crippen MR) is 116 cm³/mol. The molecule has 29 heavy (non-hydrogen) atoms. The van der Waals surface area contributed by atoms with Crippen molar-refractivity contribution in [2.24, 2.45) is 5.73 Å². The van der Waals surface area contributed by atoms with E-state index in [0.29, 0.717) is 12.0 Å². The molecule has 1 amide bonds. The maximum Gasteiger partial charge on any atom is 0.269 e. The van der Waals surface area contributed by atoms with Gasteiger partial charge >= 0.3 is 0 Å². The lowest BCUT2D eigenvalue weighted by Gasteiger charge is -2.39. The summed E-state index contributed by atoms with van der Waals surface area (Å²) >= 11 is 5.30. The fourth-order valence-corrected chi connectivity index (χ4v) is 3.73. The molecule has 2 unspecified atom stereocenters. The van der Waals surface area contributed by atoms with Gasteiger partial charge < -0.3 is 10.5 Å². The Labute approximate surface area is 175 Å². The van der Waals surface area contributed by atoms with E-state index in [0.717, 1.165) is 16.9 Å². The Hall–Kier alpha value is -3.38. The number of hydrogen-bond acceptors (Lipinski definition) is 3. The summed E-state index contributed by atoms with van der Waals surface area (Å²) in [5.41, 5.74) is 11.5. The van der Waals surface area contributed by atoms with Crippen molar-refractivity contribution in [3.8, 4) is 5.75 Å². The molecule has 5 nitrogen and oxygen atoms in total. The van der Waals surface area contributed by atoms with E-state index in [1.165, 1.54) is 0 Å². The first-order valence-corrected chi connectivity index (χ1v) is 9.79. The van der Waals surface area contributed by atoms with E-state index in [9.17, 15) is 4.79 Å². The molecular weight excluding hydrogens is 382 g/mol. The zero-order valence-corrected chi connectivity index (χ0v) is 16.5. The number of carbonyl (C=O) groups excluding carboxylic acids is 1. The SMILES string of the molecule is NC(=S)N(NC(=O)c1ccccc1)C1CC(c2ccccc2)Oc2ccccc21. The van der Waals surface area contributed by atoms with E-state index in [4.69, 9.17) is 22.7 Å². The number of thiocarbonyl (C=S) groups is 1. The number of nitrogens with two attached hydrogens (primary N) is 1. The molecule has 0 aromatic heterocycles. The first-order chi connectivity index (χ1) is 14.1. The largest absolute Gasteiger partial charge is 0.485 e. The Morgan fingerprint density at radius 1 is 0.966 bits per heavy atom. The molecule has 6 heteroatoms. The lowest BCUT2D eigenvalue weighted by molar-refractivity contribution is 0.0720. The second-order valence-corrected chi connectivity index (χ2v) is 7.24. The first kappa shape index (κ1) is 19.0. The van der Waals surface area contributed by atoms with Crippen LogP contribution in [0.5, 0.6) is 5.75 Å². The van der Waals surface area contributed by atoms with Crippen molar-refractivity contribution in [2.75, 3.05) is 0 Å². The highest BCUT2D eigenvalue weighted by molar-refractivity contribution is 7.80. The Kier molecular flexibility index (Phi) is 5.44. The zero-order valence-electron chi connectivity index (χ0n) is 15.7. The summed E-state index contributed by atoms with van der Waals surface area (Å²) in [6, 6.07) is 26.5. The summed E-state index contributed by atoms with van der Waals surface area (Å²) in [7, 11) is 0. The van der Waals surface area contributed by atoms with Crippen molar-refractivity contribution in [3.05, 3.63) is 102 Å². The Morgan fingerprint density at radius 3 is 2.28 bits per heavy atom. The number of benzene rings is 3. The van der Waals surface area contributed by atoms with Gasteiger partial charge in [0.05, 0.1) is 6.04 Å². The van der Waals surface area contributed by atoms with Gasteiger partial charge in [-0.2, -0.15) is 0 Å². The standard InChI is InChI=1S/C23H21N3O2S/c24-23(29)26(25-22(27)17-11-5-2-6-12-17)19-15-21(16-9-3-1-4-10-16)28-20-14-8-7-13-18(19)20/h1-14,19,21H,15H2,(H2,24,29)(H,25,27). The number of ether oxygens (including phenoxy) is 1. The third-order valence-corrected chi connectivity index (χ3v) is 5.16. The topological polar surface area (TPSA) is 67.6 Å². The highest BCUT2D eigenvalue weighted by Gasteiger charge is 2.34. The van der Waals surface area contributed by atoms with Gasteiger partial charge in [0.15, 0.2) is 5.11 Å². The monoisotopic (exact) mass is 403 g/mol. The van der Waals surface area contributed by atoms with Crippen LogP contribution in [0.15, 0.2) is 84.9 Å². The van der Waals surface area contributed by atoms with E-state index in [-0.39, 0.29) is 23.2 Å². The quantitative estimate of drug-likeness (QED) is 0.508. The number of hydrogen-bond donors (Lipinski definition) is 2. The number of amides is 1. The average molecular weight is 404 g/mol. The fourth-order valence-electron chi connectivity index (χ4n) is 3.56. The number of fused-ring (bicyclic) bond motifs is 1. The van der Waals surface area contributed by atoms with Gasteiger partial charge in [0, 0.05) is 17.5 Å². The molecule has 2 atom stereocenters. The molecule has 0 bridgehead atoms. The van der Waals surface area contributed by atoms with Crippen LogP contribution in [0.4, 0.5) is 0 Å². The van der Waals surface area contributed by atoms with E-state index < -0.39 is 0 Å². The lowest BCUT2D eigenvalue weighted by atomic mass is 9.92. The van der Waals surface area contributed by atoms with Gasteiger partial charge in [0.2, 0.25) is 0 Å². The first-order valence-electron chi connectivity index (χ1n) is 9.38. The maximum absolute atomic E-state index is 12.8. The van der Waals surface area contributed by atoms with E-state index >= 15 is 0 Å². The summed E-state index contributed by atoms with van der Waals surface area (Å²) in [6.07, 6.45) is 0.412. The van der Waals surface area contributed by atoms with Crippen LogP contribution in [0, 0.1) is 0 Å². The number of nitrogens with zero attached hydrogens (tertiary/aromatic N) is 1. The molecule has 3 aromatic carbocycles. The highest BCUT2D eigenvalue weighted by Crippen LogP contribution is 2.43. The summed E-state index contributed by atoms with van der Waals surface area (Å²) in [5, 5.41) is 1.67. The minimum Gasteiger partial charge on any atom is -0.485 e. The van der Waals surface area contributed by atoms with Crippen LogP contribution in [-0.2, 0) is 0 Å². The zero-order chi connectivity index (χ0) is 20.2. The Balaban J connectivity index is 1.67. The van der Waals surface area contributed by atoms with Gasteiger partial charge in [-0.25, -0.2) is 0 Å². The van der Waals surface area contributed by atoms with Gasteiger partial charge in [-0.3, -0.25) is 15.2 Å². The summed E-state index contributed by atoms with van der Waals surface area (Å²) in [6.45, 7) is 0. The van der Waals surface area contributed by atoms with Crippen LogP contribution in [0.2, 0.25) is 0 Å². The average Bonchev–Trinajstić information content (AvgIpc) is 2.77. The van der Waals surface area contributed by atoms with Crippen LogP contribution in [0.3, 0.4) is 0 Å². The summed E-state index contributed by atoms with van der Waals surface area (Å²) in [4.78, 5) is 12.8. The fraction of sp³-hybridized carbons (Fsp3) is 0.130. The number of para-hydroxylation sites is 1.